The van der Waals surface area contributed by atoms with E-state index < -0.39 is 22.0 Å². The van der Waals surface area contributed by atoms with Crippen LogP contribution in [0.15, 0.2) is 41.3 Å². The fourth-order valence-electron chi connectivity index (χ4n) is 4.69. The highest BCUT2D eigenvalue weighted by Gasteiger charge is 2.42. The molecule has 2 aliphatic rings. The molecule has 2 aromatic carbocycles. The zero-order valence-corrected chi connectivity index (χ0v) is 22.8. The molecule has 196 valence electrons. The van der Waals surface area contributed by atoms with Crippen LogP contribution in [0.25, 0.3) is 10.8 Å². The predicted molar refractivity (Wildman–Crippen MR) is 141 cm³/mol. The van der Waals surface area contributed by atoms with Crippen LogP contribution in [-0.2, 0) is 32.5 Å². The van der Waals surface area contributed by atoms with Gasteiger partial charge >= 0.3 is 5.97 Å². The van der Waals surface area contributed by atoms with E-state index >= 15 is 0 Å². The number of carbonyl (C=O) groups is 2. The standard InChI is InChI=1S/C25H27ClN4O5S2/c1-3-35-25(32)21-14-29(37(33,34)19-7-5-16-11-18(26)6-4-17(16)12-19)8-9-30(21)24(31)23-28-20-10-15(2)27-13-22(20)36-23/h4-7,11-12,15,21,27H,3,8-10,13-14H2,1-2H3. The molecule has 2 unspecified atom stereocenters. The Morgan fingerprint density at radius 2 is 1.95 bits per heavy atom. The third-order valence-electron chi connectivity index (χ3n) is 6.65. The minimum Gasteiger partial charge on any atom is -0.464 e. The number of benzene rings is 2. The van der Waals surface area contributed by atoms with Gasteiger partial charge in [-0.05, 0) is 48.9 Å². The number of nitrogens with zero attached hydrogens (tertiary/aromatic N) is 3. The number of piperazine rings is 1. The van der Waals surface area contributed by atoms with Gasteiger partial charge < -0.3 is 15.0 Å². The molecule has 1 N–H and O–H groups in total. The highest BCUT2D eigenvalue weighted by molar-refractivity contribution is 7.89. The van der Waals surface area contributed by atoms with E-state index in [1.165, 1.54) is 26.6 Å². The summed E-state index contributed by atoms with van der Waals surface area (Å²) >= 11 is 7.36. The molecule has 1 aromatic heterocycles. The van der Waals surface area contributed by atoms with Crippen LogP contribution in [-0.4, -0.2) is 72.8 Å². The molecule has 2 atom stereocenters. The van der Waals surface area contributed by atoms with E-state index in [-0.39, 0.29) is 43.1 Å². The Morgan fingerprint density at radius 3 is 2.73 bits per heavy atom. The number of amides is 1. The first kappa shape index (κ1) is 26.1. The van der Waals surface area contributed by atoms with Gasteiger partial charge in [-0.3, -0.25) is 4.79 Å². The number of thiazole rings is 1. The first-order valence-corrected chi connectivity index (χ1v) is 14.7. The molecule has 3 aromatic rings. The number of fused-ring (bicyclic) bond motifs is 2. The van der Waals surface area contributed by atoms with Gasteiger partial charge in [0.15, 0.2) is 5.01 Å². The average Bonchev–Trinajstić information content (AvgIpc) is 3.31. The van der Waals surface area contributed by atoms with Crippen LogP contribution >= 0.6 is 22.9 Å². The van der Waals surface area contributed by atoms with Crippen molar-refractivity contribution in [3.8, 4) is 0 Å². The van der Waals surface area contributed by atoms with Crippen molar-refractivity contribution in [1.82, 2.24) is 19.5 Å². The molecule has 12 heteroatoms. The number of hydrogen-bond donors (Lipinski definition) is 1. The molecule has 0 bridgehead atoms. The number of esters is 1. The lowest BCUT2D eigenvalue weighted by molar-refractivity contribution is -0.149. The second-order valence-corrected chi connectivity index (χ2v) is 12.6. The lowest BCUT2D eigenvalue weighted by Gasteiger charge is -2.38. The fraction of sp³-hybridized carbons (Fsp3) is 0.400. The maximum atomic E-state index is 13.6. The van der Waals surface area contributed by atoms with E-state index in [4.69, 9.17) is 16.3 Å². The summed E-state index contributed by atoms with van der Waals surface area (Å²) in [5.41, 5.74) is 0.895. The maximum absolute atomic E-state index is 13.6. The summed E-state index contributed by atoms with van der Waals surface area (Å²) < 4.78 is 33.6. The van der Waals surface area contributed by atoms with Crippen LogP contribution in [0.3, 0.4) is 0 Å². The third-order valence-corrected chi connectivity index (χ3v) is 9.83. The molecular weight excluding hydrogens is 536 g/mol. The van der Waals surface area contributed by atoms with Gasteiger partial charge in [-0.2, -0.15) is 4.31 Å². The quantitative estimate of drug-likeness (QED) is 0.476. The Bertz CT molecular complexity index is 1470. The number of halogens is 1. The van der Waals surface area contributed by atoms with E-state index in [2.05, 4.69) is 17.2 Å². The van der Waals surface area contributed by atoms with Gasteiger partial charge in [0.05, 0.1) is 17.2 Å². The lowest BCUT2D eigenvalue weighted by Crippen LogP contribution is -2.59. The normalized spacial score (nSPS) is 20.6. The van der Waals surface area contributed by atoms with E-state index in [0.29, 0.717) is 16.6 Å². The largest absolute Gasteiger partial charge is 0.464 e. The summed E-state index contributed by atoms with van der Waals surface area (Å²) in [6, 6.07) is 9.25. The van der Waals surface area contributed by atoms with Crippen molar-refractivity contribution in [2.24, 2.45) is 0 Å². The van der Waals surface area contributed by atoms with E-state index in [1.807, 2.05) is 0 Å². The number of sulfonamides is 1. The zero-order valence-electron chi connectivity index (χ0n) is 20.4. The van der Waals surface area contributed by atoms with Crippen LogP contribution < -0.4 is 5.32 Å². The van der Waals surface area contributed by atoms with Gasteiger partial charge in [-0.1, -0.05) is 23.7 Å². The van der Waals surface area contributed by atoms with Crippen LogP contribution in [0.1, 0.15) is 34.2 Å². The molecule has 0 radical (unpaired) electrons. The second kappa shape index (κ2) is 10.3. The van der Waals surface area contributed by atoms with E-state index in [1.54, 1.807) is 37.3 Å². The molecule has 3 heterocycles. The summed E-state index contributed by atoms with van der Waals surface area (Å²) in [5.74, 6) is -1.02. The summed E-state index contributed by atoms with van der Waals surface area (Å²) in [6.07, 6.45) is 0.727. The number of hydrogen-bond acceptors (Lipinski definition) is 8. The number of nitrogens with one attached hydrogen (secondary N) is 1. The fourth-order valence-corrected chi connectivity index (χ4v) is 7.34. The lowest BCUT2D eigenvalue weighted by atomic mass is 10.1. The molecule has 5 rings (SSSR count). The van der Waals surface area contributed by atoms with Crippen molar-refractivity contribution in [2.45, 2.75) is 43.8 Å². The molecule has 1 saturated heterocycles. The van der Waals surface area contributed by atoms with Crippen LogP contribution in [0.4, 0.5) is 0 Å². The van der Waals surface area contributed by atoms with Gasteiger partial charge in [-0.25, -0.2) is 18.2 Å². The van der Waals surface area contributed by atoms with Crippen LogP contribution in [0.2, 0.25) is 5.02 Å². The minimum atomic E-state index is -3.93. The van der Waals surface area contributed by atoms with Crippen molar-refractivity contribution in [3.63, 3.8) is 0 Å². The minimum absolute atomic E-state index is 0.0453. The Hall–Kier alpha value is -2.57. The molecular formula is C25H27ClN4O5S2. The summed E-state index contributed by atoms with van der Waals surface area (Å²) in [7, 11) is -3.93. The van der Waals surface area contributed by atoms with Crippen molar-refractivity contribution < 1.29 is 22.7 Å². The number of rotatable bonds is 5. The average molecular weight is 563 g/mol. The Kier molecular flexibility index (Phi) is 7.25. The van der Waals surface area contributed by atoms with Gasteiger partial charge in [-0.15, -0.1) is 11.3 Å². The SMILES string of the molecule is CCOC(=O)C1CN(S(=O)(=O)c2ccc3cc(Cl)ccc3c2)CCN1C(=O)c1nc2c(s1)CNC(C)C2. The van der Waals surface area contributed by atoms with E-state index in [9.17, 15) is 18.0 Å². The molecule has 1 fully saturated rings. The maximum Gasteiger partial charge on any atom is 0.330 e. The van der Waals surface area contributed by atoms with Gasteiger partial charge in [0.25, 0.3) is 5.91 Å². The van der Waals surface area contributed by atoms with E-state index in [0.717, 1.165) is 27.8 Å². The van der Waals surface area contributed by atoms with Crippen molar-refractivity contribution >= 4 is 55.6 Å². The molecule has 2 aliphatic heterocycles. The number of ether oxygens (including phenoxy) is 1. The van der Waals surface area contributed by atoms with Crippen molar-refractivity contribution in [2.75, 3.05) is 26.2 Å². The molecule has 37 heavy (non-hydrogen) atoms. The molecule has 0 spiro atoms. The van der Waals surface area contributed by atoms with Gasteiger partial charge in [0.2, 0.25) is 10.0 Å². The Morgan fingerprint density at radius 1 is 1.19 bits per heavy atom. The highest BCUT2D eigenvalue weighted by atomic mass is 35.5. The summed E-state index contributed by atoms with van der Waals surface area (Å²) in [5, 5.41) is 5.78. The van der Waals surface area contributed by atoms with Crippen molar-refractivity contribution in [3.05, 3.63) is 57.0 Å². The third kappa shape index (κ3) is 5.10. The van der Waals surface area contributed by atoms with Gasteiger partial charge in [0, 0.05) is 48.5 Å². The second-order valence-electron chi connectivity index (χ2n) is 9.16. The predicted octanol–water partition coefficient (Wildman–Crippen LogP) is 3.06. The van der Waals surface area contributed by atoms with Crippen molar-refractivity contribution in [1.29, 1.82) is 0 Å². The van der Waals surface area contributed by atoms with Gasteiger partial charge in [0.1, 0.15) is 6.04 Å². The smallest absolute Gasteiger partial charge is 0.330 e. The molecule has 0 aliphatic carbocycles. The summed E-state index contributed by atoms with van der Waals surface area (Å²) in [4.78, 5) is 33.5. The highest BCUT2D eigenvalue weighted by Crippen LogP contribution is 2.29. The Labute approximate surface area is 224 Å². The summed E-state index contributed by atoms with van der Waals surface area (Å²) in [6.45, 7) is 4.39. The zero-order chi connectivity index (χ0) is 26.3. The number of carbonyl (C=O) groups excluding carboxylic acids is 2. The first-order chi connectivity index (χ1) is 17.7. The molecule has 9 nitrogen and oxygen atoms in total. The molecule has 1 amide bonds. The van der Waals surface area contributed by atoms with Crippen LogP contribution in [0, 0.1) is 0 Å². The monoisotopic (exact) mass is 562 g/mol. The first-order valence-electron chi connectivity index (χ1n) is 12.1. The molecule has 0 saturated carbocycles. The number of aromatic nitrogens is 1. The topological polar surface area (TPSA) is 109 Å². The van der Waals surface area contributed by atoms with Crippen LogP contribution in [0.5, 0.6) is 0 Å². The Balaban J connectivity index is 1.41.